The first-order valence-electron chi connectivity index (χ1n) is 10.6. The number of hydrogen-bond acceptors (Lipinski definition) is 4. The Morgan fingerprint density at radius 2 is 1.90 bits per heavy atom. The van der Waals surface area contributed by atoms with Gasteiger partial charge in [0.05, 0.1) is 5.92 Å². The maximum absolute atomic E-state index is 12.8. The van der Waals surface area contributed by atoms with E-state index < -0.39 is 17.9 Å². The third kappa shape index (κ3) is 5.79. The molecule has 0 spiro atoms. The van der Waals surface area contributed by atoms with Crippen LogP contribution in [0.1, 0.15) is 50.5 Å². The molecule has 7 nitrogen and oxygen atoms in total. The zero-order valence-corrected chi connectivity index (χ0v) is 16.8. The van der Waals surface area contributed by atoms with Crippen LogP contribution in [0.15, 0.2) is 30.3 Å². The summed E-state index contributed by atoms with van der Waals surface area (Å²) in [7, 11) is 0. The Morgan fingerprint density at radius 3 is 2.62 bits per heavy atom. The number of nitrogens with one attached hydrogen (secondary N) is 1. The topological polar surface area (TPSA) is 113 Å². The minimum atomic E-state index is -0.797. The lowest BCUT2D eigenvalue weighted by Crippen LogP contribution is -2.50. The van der Waals surface area contributed by atoms with Gasteiger partial charge in [-0.1, -0.05) is 36.8 Å². The highest BCUT2D eigenvalue weighted by atomic mass is 16.4. The number of carboxylic acids is 1. The van der Waals surface area contributed by atoms with Crippen molar-refractivity contribution in [3.05, 3.63) is 35.9 Å². The van der Waals surface area contributed by atoms with E-state index in [1.54, 1.807) is 4.90 Å². The summed E-state index contributed by atoms with van der Waals surface area (Å²) >= 11 is 0. The molecular formula is C22H31N3O4. The van der Waals surface area contributed by atoms with Gasteiger partial charge in [-0.25, -0.2) is 0 Å². The molecule has 7 heteroatoms. The van der Waals surface area contributed by atoms with Crippen LogP contribution < -0.4 is 11.1 Å². The quantitative estimate of drug-likeness (QED) is 0.644. The van der Waals surface area contributed by atoms with E-state index in [4.69, 9.17) is 5.73 Å². The molecule has 4 atom stereocenters. The summed E-state index contributed by atoms with van der Waals surface area (Å²) in [5.41, 5.74) is 7.28. The molecule has 2 aliphatic rings. The molecule has 4 N–H and O–H groups in total. The van der Waals surface area contributed by atoms with Gasteiger partial charge in [0.2, 0.25) is 11.8 Å². The molecule has 2 fully saturated rings. The van der Waals surface area contributed by atoms with Gasteiger partial charge in [-0.15, -0.1) is 0 Å². The largest absolute Gasteiger partial charge is 0.481 e. The first-order valence-corrected chi connectivity index (χ1v) is 10.6. The number of nitrogens with zero attached hydrogens (tertiary/aromatic N) is 1. The third-order valence-electron chi connectivity index (χ3n) is 6.02. The van der Waals surface area contributed by atoms with Crippen LogP contribution in [0.2, 0.25) is 0 Å². The van der Waals surface area contributed by atoms with E-state index in [-0.39, 0.29) is 30.3 Å². The number of rotatable bonds is 7. The standard InChI is InChI=1S/C22H31N3O4/c23-17(12-15-6-2-1-3-7-15)14-20(26)25-11-5-10-19(25)21(27)24-18-9-4-8-16(13-18)22(28)29/h1-3,6-7,16-19H,4-5,8-14,23H2,(H,24,27)(H,28,29)/t16?,17-,18?,19+/m1/s1. The monoisotopic (exact) mass is 401 g/mol. The zero-order valence-electron chi connectivity index (χ0n) is 16.8. The average molecular weight is 402 g/mol. The highest BCUT2D eigenvalue weighted by Crippen LogP contribution is 2.26. The van der Waals surface area contributed by atoms with E-state index in [2.05, 4.69) is 5.32 Å². The van der Waals surface area contributed by atoms with E-state index in [1.165, 1.54) is 0 Å². The number of carboxylic acid groups (broad SMARTS) is 1. The second-order valence-corrected chi connectivity index (χ2v) is 8.31. The normalized spacial score (nSPS) is 25.4. The van der Waals surface area contributed by atoms with Crippen molar-refractivity contribution in [1.82, 2.24) is 10.2 Å². The first kappa shape index (κ1) is 21.3. The highest BCUT2D eigenvalue weighted by Gasteiger charge is 2.36. The van der Waals surface area contributed by atoms with Gasteiger partial charge in [-0.05, 0) is 44.1 Å². The second kappa shape index (κ2) is 9.87. The van der Waals surface area contributed by atoms with Gasteiger partial charge in [0.1, 0.15) is 6.04 Å². The Morgan fingerprint density at radius 1 is 1.14 bits per heavy atom. The van der Waals surface area contributed by atoms with Crippen molar-refractivity contribution < 1.29 is 19.5 Å². The van der Waals surface area contributed by atoms with Crippen molar-refractivity contribution in [1.29, 1.82) is 0 Å². The average Bonchev–Trinajstić information content (AvgIpc) is 3.19. The van der Waals surface area contributed by atoms with Gasteiger partial charge in [-0.3, -0.25) is 14.4 Å². The number of aliphatic carboxylic acids is 1. The molecule has 1 saturated heterocycles. The molecule has 0 bridgehead atoms. The fourth-order valence-electron chi connectivity index (χ4n) is 4.51. The number of amides is 2. The number of hydrogen-bond donors (Lipinski definition) is 3. The summed E-state index contributed by atoms with van der Waals surface area (Å²) in [6, 6.07) is 8.93. The van der Waals surface area contributed by atoms with E-state index in [0.29, 0.717) is 32.2 Å². The molecule has 1 aliphatic carbocycles. The lowest BCUT2D eigenvalue weighted by Gasteiger charge is -2.30. The Kier molecular flexibility index (Phi) is 7.25. The van der Waals surface area contributed by atoms with Gasteiger partial charge in [-0.2, -0.15) is 0 Å². The fourth-order valence-corrected chi connectivity index (χ4v) is 4.51. The molecule has 1 aromatic carbocycles. The summed E-state index contributed by atoms with van der Waals surface area (Å²) in [5, 5.41) is 12.2. The molecule has 158 valence electrons. The molecule has 2 amide bonds. The number of carbonyl (C=O) groups is 3. The minimum absolute atomic E-state index is 0.0851. The molecule has 2 unspecified atom stereocenters. The Balaban J connectivity index is 1.52. The molecular weight excluding hydrogens is 370 g/mol. The molecule has 1 saturated carbocycles. The van der Waals surface area contributed by atoms with Crippen molar-refractivity contribution in [3.63, 3.8) is 0 Å². The van der Waals surface area contributed by atoms with E-state index in [0.717, 1.165) is 24.8 Å². The van der Waals surface area contributed by atoms with E-state index in [1.807, 2.05) is 30.3 Å². The zero-order chi connectivity index (χ0) is 20.8. The molecule has 3 rings (SSSR count). The predicted molar refractivity (Wildman–Crippen MR) is 109 cm³/mol. The van der Waals surface area contributed by atoms with Crippen LogP contribution in [-0.2, 0) is 20.8 Å². The lowest BCUT2D eigenvalue weighted by molar-refractivity contribution is -0.143. The van der Waals surface area contributed by atoms with Crippen molar-refractivity contribution >= 4 is 17.8 Å². The summed E-state index contributed by atoms with van der Waals surface area (Å²) in [4.78, 5) is 38.5. The number of carbonyl (C=O) groups excluding carboxylic acids is 2. The van der Waals surface area contributed by atoms with Gasteiger partial charge in [0.15, 0.2) is 0 Å². The van der Waals surface area contributed by atoms with Crippen molar-refractivity contribution in [2.45, 2.75) is 69.5 Å². The lowest BCUT2D eigenvalue weighted by atomic mass is 9.85. The fraction of sp³-hybridized carbons (Fsp3) is 0.591. The van der Waals surface area contributed by atoms with Crippen molar-refractivity contribution in [2.24, 2.45) is 11.7 Å². The second-order valence-electron chi connectivity index (χ2n) is 8.31. The van der Waals surface area contributed by atoms with Crippen LogP contribution in [0.5, 0.6) is 0 Å². The van der Waals surface area contributed by atoms with Crippen LogP contribution >= 0.6 is 0 Å². The first-order chi connectivity index (χ1) is 13.9. The molecule has 1 aliphatic heterocycles. The van der Waals surface area contributed by atoms with Crippen LogP contribution in [0, 0.1) is 5.92 Å². The molecule has 0 aromatic heterocycles. The minimum Gasteiger partial charge on any atom is -0.481 e. The summed E-state index contributed by atoms with van der Waals surface area (Å²) in [5.74, 6) is -1.44. The number of nitrogens with two attached hydrogens (primary N) is 1. The summed E-state index contributed by atoms with van der Waals surface area (Å²) in [6.07, 6.45) is 4.97. The molecule has 1 heterocycles. The van der Waals surface area contributed by atoms with Gasteiger partial charge >= 0.3 is 5.97 Å². The molecule has 0 radical (unpaired) electrons. The highest BCUT2D eigenvalue weighted by molar-refractivity contribution is 5.88. The Hall–Kier alpha value is -2.41. The van der Waals surface area contributed by atoms with Crippen LogP contribution in [-0.4, -0.2) is 52.5 Å². The van der Waals surface area contributed by atoms with Gasteiger partial charge < -0.3 is 21.1 Å². The Bertz CT molecular complexity index is 724. The van der Waals surface area contributed by atoms with Crippen molar-refractivity contribution in [3.8, 4) is 0 Å². The van der Waals surface area contributed by atoms with Gasteiger partial charge in [0, 0.05) is 25.0 Å². The molecule has 1 aromatic rings. The van der Waals surface area contributed by atoms with Crippen LogP contribution in [0.25, 0.3) is 0 Å². The van der Waals surface area contributed by atoms with Crippen LogP contribution in [0.3, 0.4) is 0 Å². The smallest absolute Gasteiger partial charge is 0.306 e. The summed E-state index contributed by atoms with van der Waals surface area (Å²) in [6.45, 7) is 0.567. The maximum atomic E-state index is 12.8. The van der Waals surface area contributed by atoms with Crippen molar-refractivity contribution in [2.75, 3.05) is 6.54 Å². The van der Waals surface area contributed by atoms with E-state index in [9.17, 15) is 19.5 Å². The van der Waals surface area contributed by atoms with Gasteiger partial charge in [0.25, 0.3) is 0 Å². The third-order valence-corrected chi connectivity index (χ3v) is 6.02. The number of benzene rings is 1. The predicted octanol–water partition coefficient (Wildman–Crippen LogP) is 1.70. The van der Waals surface area contributed by atoms with E-state index >= 15 is 0 Å². The molecule has 29 heavy (non-hydrogen) atoms. The van der Waals surface area contributed by atoms with Crippen LogP contribution in [0.4, 0.5) is 0 Å². The number of likely N-dealkylation sites (tertiary alicyclic amines) is 1. The maximum Gasteiger partial charge on any atom is 0.306 e. The Labute approximate surface area is 171 Å². The SMILES string of the molecule is N[C@@H](CC(=O)N1CCC[C@H]1C(=O)NC1CCCC(C(=O)O)C1)Cc1ccccc1. The summed E-state index contributed by atoms with van der Waals surface area (Å²) < 4.78 is 0.